The average Bonchev–Trinajstić information content (AvgIpc) is 2.19. The lowest BCUT2D eigenvalue weighted by molar-refractivity contribution is -0.137. The number of aryl methyl sites for hydroxylation is 1. The topological polar surface area (TPSA) is 115 Å². The maximum atomic E-state index is 10.2. The summed E-state index contributed by atoms with van der Waals surface area (Å²) in [5.41, 5.74) is 0.692. The summed E-state index contributed by atoms with van der Waals surface area (Å²) in [5.74, 6) is -2.13. The van der Waals surface area contributed by atoms with Gasteiger partial charge < -0.3 is 20.4 Å². The molecular weight excluding hydrogens is 228 g/mol. The molecule has 0 spiro atoms. The Balaban J connectivity index is 0.000000557. The Morgan fingerprint density at radius 2 is 1.65 bits per heavy atom. The summed E-state index contributed by atoms with van der Waals surface area (Å²) in [5, 5.41) is 33.8. The summed E-state index contributed by atoms with van der Waals surface area (Å²) in [6.07, 6.45) is 0.368. The van der Waals surface area contributed by atoms with E-state index in [9.17, 15) is 4.79 Å². The van der Waals surface area contributed by atoms with Gasteiger partial charge in [0.05, 0.1) is 0 Å². The van der Waals surface area contributed by atoms with Crippen molar-refractivity contribution in [3.63, 3.8) is 0 Å². The summed E-state index contributed by atoms with van der Waals surface area (Å²) in [4.78, 5) is 19.2. The van der Waals surface area contributed by atoms with E-state index in [1.165, 1.54) is 12.1 Å². The largest absolute Gasteiger partial charge is 0.504 e. The molecule has 0 fully saturated rings. The summed E-state index contributed by atoms with van der Waals surface area (Å²) in [6, 6.07) is 4.28. The zero-order valence-corrected chi connectivity index (χ0v) is 9.25. The smallest absolute Gasteiger partial charge is 0.303 e. The van der Waals surface area contributed by atoms with Gasteiger partial charge in [-0.1, -0.05) is 6.07 Å². The first-order chi connectivity index (χ1) is 7.82. The van der Waals surface area contributed by atoms with Crippen LogP contribution in [0.2, 0.25) is 0 Å². The quantitative estimate of drug-likeness (QED) is 0.592. The summed E-state index contributed by atoms with van der Waals surface area (Å²) in [7, 11) is 0. The van der Waals surface area contributed by atoms with Crippen LogP contribution in [0.4, 0.5) is 0 Å². The minimum Gasteiger partial charge on any atom is -0.504 e. The number of carboxylic acid groups (broad SMARTS) is 2. The van der Waals surface area contributed by atoms with E-state index in [1.54, 1.807) is 6.07 Å². The second-order valence-corrected chi connectivity index (χ2v) is 3.24. The molecule has 0 unspecified atom stereocenters. The van der Waals surface area contributed by atoms with E-state index in [1.807, 2.05) is 0 Å². The molecule has 1 aromatic rings. The first-order valence-electron chi connectivity index (χ1n) is 4.75. The third-order valence-corrected chi connectivity index (χ3v) is 1.67. The summed E-state index contributed by atoms with van der Waals surface area (Å²) in [6.45, 7) is 1.08. The fourth-order valence-corrected chi connectivity index (χ4v) is 0.976. The molecule has 0 atom stereocenters. The predicted molar refractivity (Wildman–Crippen MR) is 59.0 cm³/mol. The van der Waals surface area contributed by atoms with Crippen molar-refractivity contribution < 1.29 is 30.0 Å². The third kappa shape index (κ3) is 7.66. The Morgan fingerprint density at radius 3 is 2.06 bits per heavy atom. The van der Waals surface area contributed by atoms with Gasteiger partial charge in [-0.3, -0.25) is 9.59 Å². The fourth-order valence-electron chi connectivity index (χ4n) is 0.976. The molecule has 17 heavy (non-hydrogen) atoms. The predicted octanol–water partition coefficient (Wildman–Crippen LogP) is 1.21. The van der Waals surface area contributed by atoms with E-state index in [0.29, 0.717) is 12.0 Å². The number of carbonyl (C=O) groups is 2. The van der Waals surface area contributed by atoms with Crippen molar-refractivity contribution in [3.8, 4) is 11.5 Å². The van der Waals surface area contributed by atoms with Crippen LogP contribution in [0.1, 0.15) is 18.9 Å². The van der Waals surface area contributed by atoms with Gasteiger partial charge in [0, 0.05) is 13.3 Å². The second kappa shape index (κ2) is 7.10. The lowest BCUT2D eigenvalue weighted by Gasteiger charge is -2.01. The highest BCUT2D eigenvalue weighted by Crippen LogP contribution is 2.25. The molecule has 6 heteroatoms. The van der Waals surface area contributed by atoms with Crippen LogP contribution in [0.15, 0.2) is 18.2 Å². The zero-order valence-electron chi connectivity index (χ0n) is 9.25. The minimum absolute atomic E-state index is 0.0181. The molecule has 4 N–H and O–H groups in total. The molecular formula is C11H14O6. The number of phenolic OH excluding ortho intramolecular Hbond substituents is 2. The van der Waals surface area contributed by atoms with Crippen LogP contribution in [-0.4, -0.2) is 32.4 Å². The number of carboxylic acids is 2. The highest BCUT2D eigenvalue weighted by molar-refractivity contribution is 5.67. The van der Waals surface area contributed by atoms with Gasteiger partial charge in [-0.15, -0.1) is 0 Å². The van der Waals surface area contributed by atoms with Gasteiger partial charge in [0.1, 0.15) is 0 Å². The van der Waals surface area contributed by atoms with E-state index < -0.39 is 11.9 Å². The number of aliphatic carboxylic acids is 2. The van der Waals surface area contributed by atoms with E-state index in [4.69, 9.17) is 25.2 Å². The van der Waals surface area contributed by atoms with Gasteiger partial charge in [-0.2, -0.15) is 0 Å². The van der Waals surface area contributed by atoms with E-state index in [0.717, 1.165) is 6.92 Å². The van der Waals surface area contributed by atoms with Gasteiger partial charge in [-0.25, -0.2) is 0 Å². The zero-order chi connectivity index (χ0) is 13.4. The van der Waals surface area contributed by atoms with E-state index >= 15 is 0 Å². The number of aromatic hydroxyl groups is 2. The normalized spacial score (nSPS) is 9.00. The molecule has 94 valence electrons. The molecule has 0 aliphatic heterocycles. The van der Waals surface area contributed by atoms with E-state index in [-0.39, 0.29) is 17.9 Å². The Morgan fingerprint density at radius 1 is 1.12 bits per heavy atom. The average molecular weight is 242 g/mol. The van der Waals surface area contributed by atoms with Gasteiger partial charge in [0.2, 0.25) is 0 Å². The van der Waals surface area contributed by atoms with Crippen LogP contribution < -0.4 is 0 Å². The molecule has 0 amide bonds. The number of hydrogen-bond acceptors (Lipinski definition) is 4. The first-order valence-corrected chi connectivity index (χ1v) is 4.75. The van der Waals surface area contributed by atoms with Crippen molar-refractivity contribution in [3.05, 3.63) is 23.8 Å². The Kier molecular flexibility index (Phi) is 6.17. The highest BCUT2D eigenvalue weighted by Gasteiger charge is 2.02. The molecule has 0 saturated carbocycles. The Bertz CT molecular complexity index is 395. The highest BCUT2D eigenvalue weighted by atomic mass is 16.4. The van der Waals surface area contributed by atoms with Gasteiger partial charge >= 0.3 is 5.97 Å². The fraction of sp³-hybridized carbons (Fsp3) is 0.273. The Labute approximate surface area is 97.8 Å². The van der Waals surface area contributed by atoms with Crippen LogP contribution in [0.5, 0.6) is 11.5 Å². The maximum absolute atomic E-state index is 10.2. The maximum Gasteiger partial charge on any atom is 0.303 e. The molecule has 0 heterocycles. The molecule has 1 rings (SSSR count). The third-order valence-electron chi connectivity index (χ3n) is 1.67. The molecule has 0 radical (unpaired) electrons. The molecule has 0 aromatic heterocycles. The SMILES string of the molecule is CC(=O)O.O=C(O)CCc1ccc(O)c(O)c1. The van der Waals surface area contributed by atoms with Crippen molar-refractivity contribution >= 4 is 11.9 Å². The number of phenols is 2. The Hall–Kier alpha value is -2.24. The first kappa shape index (κ1) is 14.8. The van der Waals surface area contributed by atoms with Crippen LogP contribution in [0, 0.1) is 0 Å². The van der Waals surface area contributed by atoms with Crippen LogP contribution >= 0.6 is 0 Å². The standard InChI is InChI=1S/C9H10O4.C2H4O2/c10-7-3-1-6(5-8(7)11)2-4-9(12)13;1-2(3)4/h1,3,5,10-11H,2,4H2,(H,12,13);1H3,(H,3,4). The van der Waals surface area contributed by atoms with Gasteiger partial charge in [0.15, 0.2) is 11.5 Å². The number of hydrogen-bond donors (Lipinski definition) is 4. The van der Waals surface area contributed by atoms with Crippen molar-refractivity contribution in [2.45, 2.75) is 19.8 Å². The molecule has 0 aliphatic rings. The van der Waals surface area contributed by atoms with Crippen molar-refractivity contribution in [1.82, 2.24) is 0 Å². The second-order valence-electron chi connectivity index (χ2n) is 3.24. The van der Waals surface area contributed by atoms with Crippen LogP contribution in [0.25, 0.3) is 0 Å². The number of benzene rings is 1. The summed E-state index contributed by atoms with van der Waals surface area (Å²) >= 11 is 0. The molecule has 1 aromatic carbocycles. The van der Waals surface area contributed by atoms with Crippen LogP contribution in [0.3, 0.4) is 0 Å². The minimum atomic E-state index is -0.882. The van der Waals surface area contributed by atoms with Gasteiger partial charge in [0.25, 0.3) is 5.97 Å². The summed E-state index contributed by atoms with van der Waals surface area (Å²) < 4.78 is 0. The van der Waals surface area contributed by atoms with Gasteiger partial charge in [-0.05, 0) is 24.1 Å². The lowest BCUT2D eigenvalue weighted by atomic mass is 10.1. The molecule has 6 nitrogen and oxygen atoms in total. The van der Waals surface area contributed by atoms with Crippen molar-refractivity contribution in [2.24, 2.45) is 0 Å². The monoisotopic (exact) mass is 242 g/mol. The molecule has 0 saturated heterocycles. The number of rotatable bonds is 3. The molecule has 0 aliphatic carbocycles. The van der Waals surface area contributed by atoms with Crippen molar-refractivity contribution in [1.29, 1.82) is 0 Å². The molecule has 0 bridgehead atoms. The van der Waals surface area contributed by atoms with Crippen LogP contribution in [-0.2, 0) is 16.0 Å². The lowest BCUT2D eigenvalue weighted by Crippen LogP contribution is -1.96. The van der Waals surface area contributed by atoms with E-state index in [2.05, 4.69) is 0 Å². The van der Waals surface area contributed by atoms with Crippen molar-refractivity contribution in [2.75, 3.05) is 0 Å².